The van der Waals surface area contributed by atoms with Crippen molar-refractivity contribution in [3.8, 4) is 21.8 Å². The zero-order valence-electron chi connectivity index (χ0n) is 17.6. The van der Waals surface area contributed by atoms with E-state index in [9.17, 15) is 4.39 Å². The van der Waals surface area contributed by atoms with Gasteiger partial charge in [-0.25, -0.2) is 19.3 Å². The first kappa shape index (κ1) is 20.5. The molecule has 5 rings (SSSR count). The second kappa shape index (κ2) is 9.40. The Balaban J connectivity index is 1.52. The van der Waals surface area contributed by atoms with E-state index in [0.717, 1.165) is 54.4 Å². The molecule has 0 spiro atoms. The van der Waals surface area contributed by atoms with Crippen LogP contribution in [0.5, 0.6) is 0 Å². The first-order valence-electron chi connectivity index (χ1n) is 11.3. The van der Waals surface area contributed by atoms with E-state index < -0.39 is 0 Å². The lowest BCUT2D eigenvalue weighted by atomic mass is 9.96. The van der Waals surface area contributed by atoms with Crippen LogP contribution < -0.4 is 10.6 Å². The van der Waals surface area contributed by atoms with Crippen molar-refractivity contribution in [1.29, 1.82) is 0 Å². The molecular weight excluding hydrogens is 409 g/mol. The summed E-state index contributed by atoms with van der Waals surface area (Å²) in [6, 6.07) is 9.23. The Morgan fingerprint density at radius 3 is 2.58 bits per heavy atom. The average Bonchev–Trinajstić information content (AvgIpc) is 3.26. The van der Waals surface area contributed by atoms with Crippen LogP contribution >= 0.6 is 11.3 Å². The second-order valence-corrected chi connectivity index (χ2v) is 9.51. The molecule has 1 aromatic carbocycles. The lowest BCUT2D eigenvalue weighted by Crippen LogP contribution is -2.26. The third-order valence-electron chi connectivity index (χ3n) is 6.29. The van der Waals surface area contributed by atoms with Gasteiger partial charge in [0, 0.05) is 23.7 Å². The van der Waals surface area contributed by atoms with E-state index >= 15 is 0 Å². The number of halogens is 1. The molecule has 162 valence electrons. The number of rotatable bonds is 5. The van der Waals surface area contributed by atoms with Crippen LogP contribution in [0.15, 0.2) is 36.5 Å². The Hall–Kier alpha value is -2.38. The van der Waals surface area contributed by atoms with Crippen LogP contribution in [0.1, 0.15) is 55.9 Å². The minimum absolute atomic E-state index is 0.250. The Morgan fingerprint density at radius 2 is 1.77 bits per heavy atom. The molecule has 3 aromatic rings. The standard InChI is InChI=1S/C24H28FN5S/c25-19-9-5-4-8-18(19)21-22(31-23(30-21)16-10-13-26-14-11-16)20-12-15-27-24(29-20)28-17-6-2-1-3-7-17/h4-5,8-9,12,15-17,26H,1-3,6-7,10-11,13-14H2,(H,27,28,29). The lowest BCUT2D eigenvalue weighted by Gasteiger charge is -2.22. The third-order valence-corrected chi connectivity index (χ3v) is 7.53. The van der Waals surface area contributed by atoms with Crippen molar-refractivity contribution in [3.05, 3.63) is 47.4 Å². The van der Waals surface area contributed by atoms with E-state index in [4.69, 9.17) is 9.97 Å². The van der Waals surface area contributed by atoms with Gasteiger partial charge in [0.15, 0.2) is 0 Å². The number of piperidine rings is 1. The van der Waals surface area contributed by atoms with Crippen molar-refractivity contribution < 1.29 is 4.39 Å². The molecule has 2 N–H and O–H groups in total. The van der Waals surface area contributed by atoms with Crippen LogP contribution in [0.3, 0.4) is 0 Å². The van der Waals surface area contributed by atoms with E-state index in [1.807, 2.05) is 18.2 Å². The maximum atomic E-state index is 14.7. The molecule has 0 bridgehead atoms. The zero-order valence-corrected chi connectivity index (χ0v) is 18.4. The second-order valence-electron chi connectivity index (χ2n) is 8.48. The predicted molar refractivity (Wildman–Crippen MR) is 124 cm³/mol. The maximum absolute atomic E-state index is 14.7. The molecule has 1 aliphatic heterocycles. The Kier molecular flexibility index (Phi) is 6.22. The van der Waals surface area contributed by atoms with Gasteiger partial charge in [-0.1, -0.05) is 31.4 Å². The van der Waals surface area contributed by atoms with Crippen LogP contribution in [-0.2, 0) is 0 Å². The van der Waals surface area contributed by atoms with Crippen molar-refractivity contribution in [2.75, 3.05) is 18.4 Å². The summed E-state index contributed by atoms with van der Waals surface area (Å²) in [5.41, 5.74) is 2.04. The fraction of sp³-hybridized carbons (Fsp3) is 0.458. The van der Waals surface area contributed by atoms with Gasteiger partial charge in [0.05, 0.1) is 21.3 Å². The Bertz CT molecular complexity index is 1020. The lowest BCUT2D eigenvalue weighted by molar-refractivity contribution is 0.459. The van der Waals surface area contributed by atoms with Crippen LogP contribution in [0.25, 0.3) is 21.8 Å². The van der Waals surface area contributed by atoms with E-state index in [1.165, 1.54) is 25.3 Å². The van der Waals surface area contributed by atoms with Gasteiger partial charge < -0.3 is 10.6 Å². The average molecular weight is 438 g/mol. The van der Waals surface area contributed by atoms with E-state index in [-0.39, 0.29) is 5.82 Å². The summed E-state index contributed by atoms with van der Waals surface area (Å²) >= 11 is 1.65. The molecule has 2 aliphatic rings. The van der Waals surface area contributed by atoms with Crippen molar-refractivity contribution in [2.24, 2.45) is 0 Å². The molecule has 0 atom stereocenters. The molecule has 1 aliphatic carbocycles. The van der Waals surface area contributed by atoms with Gasteiger partial charge in [0.1, 0.15) is 5.82 Å². The molecule has 0 unspecified atom stereocenters. The molecular formula is C24H28FN5S. The quantitative estimate of drug-likeness (QED) is 0.543. The highest BCUT2D eigenvalue weighted by Gasteiger charge is 2.25. The minimum Gasteiger partial charge on any atom is -0.351 e. The molecule has 1 saturated heterocycles. The number of thiazole rings is 1. The number of nitrogens with one attached hydrogen (secondary N) is 2. The highest BCUT2D eigenvalue weighted by molar-refractivity contribution is 7.15. The van der Waals surface area contributed by atoms with E-state index in [0.29, 0.717) is 29.2 Å². The first-order valence-corrected chi connectivity index (χ1v) is 12.2. The topological polar surface area (TPSA) is 62.7 Å². The van der Waals surface area contributed by atoms with Gasteiger partial charge >= 0.3 is 0 Å². The summed E-state index contributed by atoms with van der Waals surface area (Å²) < 4.78 is 14.7. The fourth-order valence-corrected chi connectivity index (χ4v) is 5.79. The summed E-state index contributed by atoms with van der Waals surface area (Å²) in [6.07, 6.45) is 10.0. The number of hydrogen-bond acceptors (Lipinski definition) is 6. The van der Waals surface area contributed by atoms with Crippen molar-refractivity contribution in [3.63, 3.8) is 0 Å². The van der Waals surface area contributed by atoms with Gasteiger partial charge in [0.25, 0.3) is 0 Å². The zero-order chi connectivity index (χ0) is 21.0. The van der Waals surface area contributed by atoms with Crippen LogP contribution in [0, 0.1) is 5.82 Å². The number of nitrogens with zero attached hydrogens (tertiary/aromatic N) is 3. The third kappa shape index (κ3) is 4.62. The molecule has 0 amide bonds. The summed E-state index contributed by atoms with van der Waals surface area (Å²) in [4.78, 5) is 15.2. The van der Waals surface area contributed by atoms with Gasteiger partial charge in [-0.3, -0.25) is 0 Å². The van der Waals surface area contributed by atoms with Crippen LogP contribution in [0.4, 0.5) is 10.3 Å². The van der Waals surface area contributed by atoms with Crippen LogP contribution in [0.2, 0.25) is 0 Å². The molecule has 3 heterocycles. The summed E-state index contributed by atoms with van der Waals surface area (Å²) in [5.74, 6) is 0.813. The summed E-state index contributed by atoms with van der Waals surface area (Å²) in [5, 5.41) is 8.00. The van der Waals surface area contributed by atoms with Crippen molar-refractivity contribution in [2.45, 2.75) is 56.9 Å². The monoisotopic (exact) mass is 437 g/mol. The molecule has 7 heteroatoms. The molecule has 1 saturated carbocycles. The molecule has 2 aromatic heterocycles. The molecule has 31 heavy (non-hydrogen) atoms. The Labute approximate surface area is 186 Å². The van der Waals surface area contributed by atoms with Gasteiger partial charge in [0.2, 0.25) is 5.95 Å². The van der Waals surface area contributed by atoms with E-state index in [1.54, 1.807) is 23.6 Å². The summed E-state index contributed by atoms with van der Waals surface area (Å²) in [7, 11) is 0. The maximum Gasteiger partial charge on any atom is 0.223 e. The minimum atomic E-state index is -0.250. The van der Waals surface area contributed by atoms with Gasteiger partial charge in [-0.2, -0.15) is 0 Å². The van der Waals surface area contributed by atoms with E-state index in [2.05, 4.69) is 15.6 Å². The predicted octanol–water partition coefficient (Wildman–Crippen LogP) is 5.62. The van der Waals surface area contributed by atoms with Gasteiger partial charge in [-0.15, -0.1) is 11.3 Å². The Morgan fingerprint density at radius 1 is 0.968 bits per heavy atom. The van der Waals surface area contributed by atoms with Crippen LogP contribution in [-0.4, -0.2) is 34.1 Å². The summed E-state index contributed by atoms with van der Waals surface area (Å²) in [6.45, 7) is 2.00. The largest absolute Gasteiger partial charge is 0.351 e. The van der Waals surface area contributed by atoms with Crippen molar-refractivity contribution >= 4 is 17.3 Å². The fourth-order valence-electron chi connectivity index (χ4n) is 4.57. The van der Waals surface area contributed by atoms with Gasteiger partial charge in [-0.05, 0) is 57.0 Å². The SMILES string of the molecule is Fc1ccccc1-c1nc(C2CCNCC2)sc1-c1ccnc(NC2CCCCC2)n1. The molecule has 5 nitrogen and oxygen atoms in total. The first-order chi connectivity index (χ1) is 15.3. The molecule has 2 fully saturated rings. The molecule has 0 radical (unpaired) electrons. The number of anilines is 1. The number of benzene rings is 1. The van der Waals surface area contributed by atoms with Crippen molar-refractivity contribution in [1.82, 2.24) is 20.3 Å². The normalized spacial score (nSPS) is 18.2. The highest BCUT2D eigenvalue weighted by Crippen LogP contribution is 2.41. The smallest absolute Gasteiger partial charge is 0.223 e. The number of hydrogen-bond donors (Lipinski definition) is 2. The highest BCUT2D eigenvalue weighted by atomic mass is 32.1. The number of aromatic nitrogens is 3.